The van der Waals surface area contributed by atoms with Crippen LogP contribution >= 0.6 is 0 Å². The molecule has 2 amide bonds. The molecule has 1 atom stereocenters. The number of ether oxygens (including phenoxy) is 1. The number of hydrazone groups is 1. The molecule has 0 saturated carbocycles. The Morgan fingerprint density at radius 3 is 2.54 bits per heavy atom. The van der Waals surface area contributed by atoms with Gasteiger partial charge in [0, 0.05) is 0 Å². The van der Waals surface area contributed by atoms with Gasteiger partial charge in [-0.2, -0.15) is 5.10 Å². The van der Waals surface area contributed by atoms with Gasteiger partial charge in [0.1, 0.15) is 5.75 Å². The van der Waals surface area contributed by atoms with Gasteiger partial charge in [-0.3, -0.25) is 9.59 Å². The van der Waals surface area contributed by atoms with E-state index in [1.54, 1.807) is 38.3 Å². The summed E-state index contributed by atoms with van der Waals surface area (Å²) in [4.78, 5) is 23.6. The molecule has 6 nitrogen and oxygen atoms in total. The number of hydrogen-bond donors (Lipinski definition) is 2. The van der Waals surface area contributed by atoms with Crippen LogP contribution in [0, 0.1) is 0 Å². The minimum atomic E-state index is -0.822. The zero-order valence-electron chi connectivity index (χ0n) is 13.5. The molecule has 0 spiro atoms. The monoisotopic (exact) mass is 325 g/mol. The van der Waals surface area contributed by atoms with E-state index in [1.165, 1.54) is 6.21 Å². The summed E-state index contributed by atoms with van der Waals surface area (Å²) in [5, 5.41) is 6.40. The Morgan fingerprint density at radius 1 is 1.08 bits per heavy atom. The second-order valence-corrected chi connectivity index (χ2v) is 5.08. The summed E-state index contributed by atoms with van der Waals surface area (Å²) in [6, 6.07) is 16.3. The first-order valence-corrected chi connectivity index (χ1v) is 7.43. The van der Waals surface area contributed by atoms with Gasteiger partial charge in [-0.1, -0.05) is 42.5 Å². The van der Waals surface area contributed by atoms with Crippen molar-refractivity contribution in [1.82, 2.24) is 10.7 Å². The van der Waals surface area contributed by atoms with Crippen molar-refractivity contribution in [3.8, 4) is 5.75 Å². The maximum atomic E-state index is 11.9. The lowest BCUT2D eigenvalue weighted by atomic mass is 10.1. The Kier molecular flexibility index (Phi) is 6.08. The summed E-state index contributed by atoms with van der Waals surface area (Å²) in [5.74, 6) is -0.884. The molecular formula is C18H19N3O3. The van der Waals surface area contributed by atoms with Crippen molar-refractivity contribution in [3.63, 3.8) is 0 Å². The molecule has 2 rings (SSSR count). The van der Waals surface area contributed by atoms with Crippen LogP contribution in [0.1, 0.15) is 24.1 Å². The Hall–Kier alpha value is -3.15. The fourth-order valence-electron chi connectivity index (χ4n) is 2.03. The average molecular weight is 325 g/mol. The minimum absolute atomic E-state index is 0.271. The number of carbonyl (C=O) groups is 2. The van der Waals surface area contributed by atoms with Gasteiger partial charge < -0.3 is 10.1 Å². The molecule has 1 unspecified atom stereocenters. The van der Waals surface area contributed by atoms with E-state index >= 15 is 0 Å². The molecule has 0 radical (unpaired) electrons. The van der Waals surface area contributed by atoms with Crippen LogP contribution < -0.4 is 15.5 Å². The third-order valence-electron chi connectivity index (χ3n) is 3.33. The largest absolute Gasteiger partial charge is 0.497 e. The van der Waals surface area contributed by atoms with Crippen molar-refractivity contribution in [2.45, 2.75) is 13.0 Å². The van der Waals surface area contributed by atoms with E-state index < -0.39 is 11.8 Å². The van der Waals surface area contributed by atoms with Crippen LogP contribution in [0.5, 0.6) is 5.75 Å². The van der Waals surface area contributed by atoms with Gasteiger partial charge in [0.25, 0.3) is 0 Å². The molecule has 0 fully saturated rings. The van der Waals surface area contributed by atoms with Crippen molar-refractivity contribution in [2.75, 3.05) is 7.11 Å². The highest BCUT2D eigenvalue weighted by Gasteiger charge is 2.16. The van der Waals surface area contributed by atoms with Crippen molar-refractivity contribution in [2.24, 2.45) is 5.10 Å². The van der Waals surface area contributed by atoms with Crippen LogP contribution in [-0.4, -0.2) is 25.1 Å². The summed E-state index contributed by atoms with van der Waals surface area (Å²) in [7, 11) is 1.57. The van der Waals surface area contributed by atoms with Gasteiger partial charge >= 0.3 is 11.8 Å². The zero-order valence-corrected chi connectivity index (χ0v) is 13.5. The number of rotatable bonds is 5. The van der Waals surface area contributed by atoms with E-state index in [2.05, 4.69) is 15.8 Å². The van der Waals surface area contributed by atoms with E-state index in [-0.39, 0.29) is 6.04 Å². The fraction of sp³-hybridized carbons (Fsp3) is 0.167. The van der Waals surface area contributed by atoms with Gasteiger partial charge in [-0.25, -0.2) is 5.43 Å². The lowest BCUT2D eigenvalue weighted by molar-refractivity contribution is -0.139. The molecule has 0 aliphatic heterocycles. The standard InChI is InChI=1S/C18H19N3O3/c1-13(15-8-4-3-5-9-15)20-17(22)18(23)21-19-12-14-7-6-10-16(11-14)24-2/h3-13H,1-2H3,(H,20,22)(H,21,23)/b19-12+. The van der Waals surface area contributed by atoms with Gasteiger partial charge in [0.05, 0.1) is 19.4 Å². The number of methoxy groups -OCH3 is 1. The maximum Gasteiger partial charge on any atom is 0.329 e. The zero-order chi connectivity index (χ0) is 17.4. The van der Waals surface area contributed by atoms with Crippen LogP contribution in [0.15, 0.2) is 59.7 Å². The molecule has 2 aromatic carbocycles. The number of amides is 2. The molecule has 24 heavy (non-hydrogen) atoms. The van der Waals surface area contributed by atoms with Crippen LogP contribution in [0.4, 0.5) is 0 Å². The van der Waals surface area contributed by atoms with Crippen LogP contribution in [-0.2, 0) is 9.59 Å². The van der Waals surface area contributed by atoms with Crippen molar-refractivity contribution >= 4 is 18.0 Å². The average Bonchev–Trinajstić information content (AvgIpc) is 2.62. The van der Waals surface area contributed by atoms with Crippen LogP contribution in [0.25, 0.3) is 0 Å². The highest BCUT2D eigenvalue weighted by atomic mass is 16.5. The first-order chi connectivity index (χ1) is 11.6. The molecule has 0 aliphatic carbocycles. The number of benzene rings is 2. The SMILES string of the molecule is COc1cccc(/C=N/NC(=O)C(=O)NC(C)c2ccccc2)c1. The Morgan fingerprint density at radius 2 is 1.83 bits per heavy atom. The molecule has 0 bridgehead atoms. The summed E-state index contributed by atoms with van der Waals surface area (Å²) in [6.45, 7) is 1.81. The van der Waals surface area contributed by atoms with E-state index in [1.807, 2.05) is 30.3 Å². The molecule has 124 valence electrons. The molecule has 0 aliphatic rings. The third-order valence-corrected chi connectivity index (χ3v) is 3.33. The highest BCUT2D eigenvalue weighted by molar-refractivity contribution is 6.35. The van der Waals surface area contributed by atoms with Crippen LogP contribution in [0.3, 0.4) is 0 Å². The fourth-order valence-corrected chi connectivity index (χ4v) is 2.03. The van der Waals surface area contributed by atoms with Gasteiger partial charge in [0.2, 0.25) is 0 Å². The Bertz CT molecular complexity index is 729. The lowest BCUT2D eigenvalue weighted by Gasteiger charge is -2.13. The normalized spacial score (nSPS) is 11.8. The second-order valence-electron chi connectivity index (χ2n) is 5.08. The molecule has 0 aromatic heterocycles. The van der Waals surface area contributed by atoms with E-state index in [0.717, 1.165) is 11.1 Å². The molecular weight excluding hydrogens is 306 g/mol. The van der Waals surface area contributed by atoms with Gasteiger partial charge in [-0.05, 0) is 30.2 Å². The van der Waals surface area contributed by atoms with E-state index in [9.17, 15) is 9.59 Å². The Balaban J connectivity index is 1.87. The first-order valence-electron chi connectivity index (χ1n) is 7.43. The smallest absolute Gasteiger partial charge is 0.329 e. The summed E-state index contributed by atoms with van der Waals surface area (Å²) in [5.41, 5.74) is 3.86. The summed E-state index contributed by atoms with van der Waals surface area (Å²) >= 11 is 0. The molecule has 0 heterocycles. The Labute approximate surface area is 140 Å². The predicted molar refractivity (Wildman–Crippen MR) is 91.7 cm³/mol. The van der Waals surface area contributed by atoms with Crippen LogP contribution in [0.2, 0.25) is 0 Å². The summed E-state index contributed by atoms with van der Waals surface area (Å²) in [6.07, 6.45) is 1.44. The number of hydrogen-bond acceptors (Lipinski definition) is 4. The van der Waals surface area contributed by atoms with E-state index in [4.69, 9.17) is 4.74 Å². The molecule has 2 N–H and O–H groups in total. The number of carbonyl (C=O) groups excluding carboxylic acids is 2. The highest BCUT2D eigenvalue weighted by Crippen LogP contribution is 2.11. The third kappa shape index (κ3) is 4.95. The predicted octanol–water partition coefficient (Wildman–Crippen LogP) is 2.02. The summed E-state index contributed by atoms with van der Waals surface area (Å²) < 4.78 is 5.09. The minimum Gasteiger partial charge on any atom is -0.497 e. The van der Waals surface area contributed by atoms with Crippen molar-refractivity contribution in [1.29, 1.82) is 0 Å². The van der Waals surface area contributed by atoms with E-state index in [0.29, 0.717) is 5.75 Å². The van der Waals surface area contributed by atoms with Crippen molar-refractivity contribution in [3.05, 3.63) is 65.7 Å². The van der Waals surface area contributed by atoms with Crippen molar-refractivity contribution < 1.29 is 14.3 Å². The second kappa shape index (κ2) is 8.47. The molecule has 6 heteroatoms. The number of nitrogens with zero attached hydrogens (tertiary/aromatic N) is 1. The number of nitrogens with one attached hydrogen (secondary N) is 2. The quantitative estimate of drug-likeness (QED) is 0.501. The maximum absolute atomic E-state index is 11.9. The topological polar surface area (TPSA) is 79.8 Å². The lowest BCUT2D eigenvalue weighted by Crippen LogP contribution is -2.39. The molecule has 0 saturated heterocycles. The van der Waals surface area contributed by atoms with Gasteiger partial charge in [-0.15, -0.1) is 0 Å². The van der Waals surface area contributed by atoms with Gasteiger partial charge in [0.15, 0.2) is 0 Å². The first kappa shape index (κ1) is 17.2. The molecule has 2 aromatic rings.